The predicted octanol–water partition coefficient (Wildman–Crippen LogP) is 5.68. The lowest BCUT2D eigenvalue weighted by Gasteiger charge is -2.11. The van der Waals surface area contributed by atoms with E-state index in [1.807, 2.05) is 84.9 Å². The van der Waals surface area contributed by atoms with Gasteiger partial charge in [-0.3, -0.25) is 0 Å². The van der Waals surface area contributed by atoms with Crippen molar-refractivity contribution in [2.24, 2.45) is 0 Å². The van der Waals surface area contributed by atoms with Crippen molar-refractivity contribution >= 4 is 21.9 Å². The fraction of sp³-hybridized carbons (Fsp3) is 0. The molecule has 0 aliphatic rings. The summed E-state index contributed by atoms with van der Waals surface area (Å²) in [5.41, 5.74) is 4.24. The minimum Gasteiger partial charge on any atom is -0.421 e. The molecular weight excluding hydrogens is 334 g/mol. The van der Waals surface area contributed by atoms with Crippen molar-refractivity contribution in [3.63, 3.8) is 0 Å². The average molecular weight is 349 g/mol. The molecule has 0 aliphatic heterocycles. The van der Waals surface area contributed by atoms with Gasteiger partial charge in [-0.05, 0) is 23.3 Å². The molecule has 3 nitrogen and oxygen atoms in total. The van der Waals surface area contributed by atoms with Gasteiger partial charge in [0.15, 0.2) is 5.52 Å². The lowest BCUT2D eigenvalue weighted by atomic mass is 9.97. The number of aromatic nitrogens is 1. The second-order valence-corrected chi connectivity index (χ2v) is 6.40. The monoisotopic (exact) mass is 349 g/mol. The molecule has 0 saturated carbocycles. The molecule has 0 saturated heterocycles. The van der Waals surface area contributed by atoms with Crippen LogP contribution in [0, 0.1) is 0 Å². The summed E-state index contributed by atoms with van der Waals surface area (Å²) in [4.78, 5) is 17.4. The number of nitrogens with zero attached hydrogens (tertiary/aromatic N) is 1. The van der Waals surface area contributed by atoms with E-state index in [2.05, 4.69) is 11.1 Å². The molecule has 2 aromatic heterocycles. The molecule has 3 aromatic carbocycles. The molecule has 0 amide bonds. The summed E-state index contributed by atoms with van der Waals surface area (Å²) < 4.78 is 5.54. The van der Waals surface area contributed by atoms with Crippen LogP contribution in [0.3, 0.4) is 0 Å². The van der Waals surface area contributed by atoms with Crippen molar-refractivity contribution in [3.8, 4) is 22.4 Å². The van der Waals surface area contributed by atoms with Crippen LogP contribution in [-0.2, 0) is 0 Å². The standard InChI is InChI=1S/C24H15NO2/c26-24-23-22(18-13-7-8-14-21(18)27-24)19(16-9-3-1-4-10-16)15-20(25-23)17-11-5-2-6-12-17/h1-15H. The third kappa shape index (κ3) is 2.61. The Morgan fingerprint density at radius 1 is 0.704 bits per heavy atom. The first-order valence-corrected chi connectivity index (χ1v) is 8.79. The summed E-state index contributed by atoms with van der Waals surface area (Å²) >= 11 is 0. The Morgan fingerprint density at radius 3 is 2.07 bits per heavy atom. The quantitative estimate of drug-likeness (QED) is 0.304. The molecule has 0 radical (unpaired) electrons. The molecule has 27 heavy (non-hydrogen) atoms. The van der Waals surface area contributed by atoms with Crippen LogP contribution in [0.15, 0.2) is 100 Å². The highest BCUT2D eigenvalue weighted by atomic mass is 16.4. The zero-order chi connectivity index (χ0) is 18.2. The highest BCUT2D eigenvalue weighted by molar-refractivity contribution is 6.11. The van der Waals surface area contributed by atoms with E-state index in [1.165, 1.54) is 0 Å². The van der Waals surface area contributed by atoms with Crippen molar-refractivity contribution in [1.29, 1.82) is 0 Å². The fourth-order valence-electron chi connectivity index (χ4n) is 3.48. The lowest BCUT2D eigenvalue weighted by Crippen LogP contribution is -2.04. The number of hydrogen-bond donors (Lipinski definition) is 0. The van der Waals surface area contributed by atoms with Gasteiger partial charge in [0.2, 0.25) is 0 Å². The summed E-state index contributed by atoms with van der Waals surface area (Å²) in [5.74, 6) is 0. The number of benzene rings is 3. The highest BCUT2D eigenvalue weighted by Gasteiger charge is 2.16. The fourth-order valence-corrected chi connectivity index (χ4v) is 3.48. The van der Waals surface area contributed by atoms with Crippen molar-refractivity contribution in [3.05, 3.63) is 101 Å². The zero-order valence-electron chi connectivity index (χ0n) is 14.4. The van der Waals surface area contributed by atoms with Crippen molar-refractivity contribution in [1.82, 2.24) is 4.98 Å². The largest absolute Gasteiger partial charge is 0.421 e. The van der Waals surface area contributed by atoms with E-state index < -0.39 is 5.63 Å². The molecule has 0 atom stereocenters. The summed E-state index contributed by atoms with van der Waals surface area (Å²) in [6.45, 7) is 0. The Bertz CT molecular complexity index is 1320. The van der Waals surface area contributed by atoms with Gasteiger partial charge in [0, 0.05) is 16.3 Å². The predicted molar refractivity (Wildman–Crippen MR) is 109 cm³/mol. The van der Waals surface area contributed by atoms with E-state index in [9.17, 15) is 4.79 Å². The molecule has 0 fully saturated rings. The molecule has 0 unspecified atom stereocenters. The molecule has 5 aromatic rings. The molecule has 0 N–H and O–H groups in total. The Labute approximate surface area is 155 Å². The van der Waals surface area contributed by atoms with Crippen LogP contribution in [0.2, 0.25) is 0 Å². The molecule has 2 heterocycles. The average Bonchev–Trinajstić information content (AvgIpc) is 2.74. The van der Waals surface area contributed by atoms with Crippen LogP contribution >= 0.6 is 0 Å². The molecule has 128 valence electrons. The lowest BCUT2D eigenvalue weighted by molar-refractivity contribution is 0.568. The minimum absolute atomic E-state index is 0.355. The highest BCUT2D eigenvalue weighted by Crippen LogP contribution is 2.34. The van der Waals surface area contributed by atoms with Crippen molar-refractivity contribution in [2.45, 2.75) is 0 Å². The summed E-state index contributed by atoms with van der Waals surface area (Å²) in [5, 5.41) is 1.71. The minimum atomic E-state index is -0.418. The second kappa shape index (κ2) is 6.22. The second-order valence-electron chi connectivity index (χ2n) is 6.40. The SMILES string of the molecule is O=c1oc2ccccc2c2c(-c3ccccc3)cc(-c3ccccc3)nc12. The van der Waals surface area contributed by atoms with Gasteiger partial charge in [0.25, 0.3) is 0 Å². The summed E-state index contributed by atoms with van der Waals surface area (Å²) in [7, 11) is 0. The van der Waals surface area contributed by atoms with Crippen LogP contribution in [0.5, 0.6) is 0 Å². The van der Waals surface area contributed by atoms with Gasteiger partial charge in [-0.15, -0.1) is 0 Å². The van der Waals surface area contributed by atoms with Gasteiger partial charge in [-0.1, -0.05) is 78.9 Å². The molecule has 5 rings (SSSR count). The number of pyridine rings is 1. The van der Waals surface area contributed by atoms with Crippen LogP contribution in [-0.4, -0.2) is 4.98 Å². The smallest absolute Gasteiger partial charge is 0.363 e. The number of para-hydroxylation sites is 1. The van der Waals surface area contributed by atoms with Crippen molar-refractivity contribution < 1.29 is 4.42 Å². The number of fused-ring (bicyclic) bond motifs is 3. The number of rotatable bonds is 2. The van der Waals surface area contributed by atoms with Crippen LogP contribution in [0.4, 0.5) is 0 Å². The van der Waals surface area contributed by atoms with Crippen LogP contribution in [0.25, 0.3) is 44.3 Å². The van der Waals surface area contributed by atoms with Gasteiger partial charge in [-0.2, -0.15) is 0 Å². The molecular formula is C24H15NO2. The van der Waals surface area contributed by atoms with E-state index in [1.54, 1.807) is 0 Å². The van der Waals surface area contributed by atoms with Crippen LogP contribution in [0.1, 0.15) is 0 Å². The normalized spacial score (nSPS) is 11.1. The molecule has 0 bridgehead atoms. The van der Waals surface area contributed by atoms with Gasteiger partial charge in [-0.25, -0.2) is 9.78 Å². The van der Waals surface area contributed by atoms with Gasteiger partial charge in [0.05, 0.1) is 5.69 Å². The Hall–Kier alpha value is -3.72. The van der Waals surface area contributed by atoms with Gasteiger partial charge >= 0.3 is 5.63 Å². The Balaban J connectivity index is 1.97. The maximum Gasteiger partial charge on any atom is 0.363 e. The summed E-state index contributed by atoms with van der Waals surface area (Å²) in [6, 6.07) is 29.6. The number of hydrogen-bond acceptors (Lipinski definition) is 3. The Morgan fingerprint density at radius 2 is 1.33 bits per heavy atom. The van der Waals surface area contributed by atoms with E-state index in [4.69, 9.17) is 4.42 Å². The first kappa shape index (κ1) is 15.5. The first-order valence-electron chi connectivity index (χ1n) is 8.79. The maximum absolute atomic E-state index is 12.7. The Kier molecular flexibility index (Phi) is 3.58. The van der Waals surface area contributed by atoms with Crippen molar-refractivity contribution in [2.75, 3.05) is 0 Å². The van der Waals surface area contributed by atoms with E-state index in [-0.39, 0.29) is 0 Å². The molecule has 3 heteroatoms. The molecule has 0 aliphatic carbocycles. The molecule has 0 spiro atoms. The van der Waals surface area contributed by atoms with E-state index >= 15 is 0 Å². The summed E-state index contributed by atoms with van der Waals surface area (Å²) in [6.07, 6.45) is 0. The van der Waals surface area contributed by atoms with E-state index in [0.717, 1.165) is 33.2 Å². The van der Waals surface area contributed by atoms with Gasteiger partial charge in [0.1, 0.15) is 5.58 Å². The van der Waals surface area contributed by atoms with E-state index in [0.29, 0.717) is 11.1 Å². The topological polar surface area (TPSA) is 43.1 Å². The first-order chi connectivity index (χ1) is 13.3. The third-order valence-electron chi connectivity index (χ3n) is 4.73. The van der Waals surface area contributed by atoms with Crippen LogP contribution < -0.4 is 5.63 Å². The maximum atomic E-state index is 12.7. The van der Waals surface area contributed by atoms with Gasteiger partial charge < -0.3 is 4.42 Å². The zero-order valence-corrected chi connectivity index (χ0v) is 14.4. The third-order valence-corrected chi connectivity index (χ3v) is 4.73.